The van der Waals surface area contributed by atoms with Crippen LogP contribution in [0.15, 0.2) is 60.0 Å². The van der Waals surface area contributed by atoms with E-state index in [1.165, 1.54) is 29.5 Å². The van der Waals surface area contributed by atoms with Gasteiger partial charge in [0.2, 0.25) is 5.91 Å². The topological polar surface area (TPSA) is 51.2 Å². The van der Waals surface area contributed by atoms with E-state index in [2.05, 4.69) is 10.3 Å². The lowest BCUT2D eigenvalue weighted by Crippen LogP contribution is -2.20. The monoisotopic (exact) mass is 392 g/mol. The van der Waals surface area contributed by atoms with Crippen molar-refractivity contribution in [3.63, 3.8) is 0 Å². The number of rotatable bonds is 6. The third-order valence-corrected chi connectivity index (χ3v) is 4.41. The second-order valence-corrected chi connectivity index (χ2v) is 6.49. The molecule has 0 bridgehead atoms. The number of amides is 1. The summed E-state index contributed by atoms with van der Waals surface area (Å²) in [4.78, 5) is 16.7. The highest BCUT2D eigenvalue weighted by Gasteiger charge is 2.28. The van der Waals surface area contributed by atoms with Crippen LogP contribution in [0.2, 0.25) is 0 Å². The van der Waals surface area contributed by atoms with Gasteiger partial charge in [0, 0.05) is 10.9 Å². The molecule has 0 fully saturated rings. The molecule has 3 aromatic rings. The lowest BCUT2D eigenvalue weighted by atomic mass is 10.2. The van der Waals surface area contributed by atoms with Crippen LogP contribution >= 0.6 is 11.3 Å². The van der Waals surface area contributed by atoms with E-state index < -0.39 is 12.8 Å². The Morgan fingerprint density at radius 2 is 1.78 bits per heavy atom. The van der Waals surface area contributed by atoms with E-state index in [4.69, 9.17) is 4.74 Å². The Morgan fingerprint density at radius 3 is 2.52 bits per heavy atom. The van der Waals surface area contributed by atoms with Gasteiger partial charge in [0.25, 0.3) is 0 Å². The third kappa shape index (κ3) is 5.55. The predicted molar refractivity (Wildman–Crippen MR) is 97.9 cm³/mol. The van der Waals surface area contributed by atoms with Crippen molar-refractivity contribution in [2.24, 2.45) is 0 Å². The van der Waals surface area contributed by atoms with E-state index >= 15 is 0 Å². The number of nitrogens with zero attached hydrogens (tertiary/aromatic N) is 1. The van der Waals surface area contributed by atoms with Gasteiger partial charge in [-0.05, 0) is 12.1 Å². The Balaban J connectivity index is 1.64. The molecule has 2 aromatic carbocycles. The summed E-state index contributed by atoms with van der Waals surface area (Å²) in [6.45, 7) is -1.42. The van der Waals surface area contributed by atoms with Crippen molar-refractivity contribution in [3.8, 4) is 16.3 Å². The Hall–Kier alpha value is -2.87. The molecule has 0 spiro atoms. The van der Waals surface area contributed by atoms with Crippen LogP contribution in [-0.2, 0) is 11.2 Å². The molecule has 8 heteroatoms. The molecule has 1 heterocycles. The molecule has 1 aromatic heterocycles. The van der Waals surface area contributed by atoms with Crippen LogP contribution in [0.1, 0.15) is 5.69 Å². The molecular weight excluding hydrogens is 377 g/mol. The minimum absolute atomic E-state index is 0.0109. The standard InChI is InChI=1S/C19H15F3N2O2S/c20-19(21,22)12-26-16-9-5-4-8-15(16)24-17(25)10-14-11-27-18(23-14)13-6-2-1-3-7-13/h1-9,11H,10,12H2,(H,24,25). The maximum Gasteiger partial charge on any atom is 0.422 e. The first-order valence-electron chi connectivity index (χ1n) is 7.99. The van der Waals surface area contributed by atoms with Gasteiger partial charge in [-0.15, -0.1) is 11.3 Å². The number of hydrogen-bond acceptors (Lipinski definition) is 4. The Labute approximate surface area is 157 Å². The van der Waals surface area contributed by atoms with E-state index in [0.717, 1.165) is 10.6 Å². The van der Waals surface area contributed by atoms with E-state index in [0.29, 0.717) is 5.69 Å². The number of carbonyl (C=O) groups is 1. The molecule has 0 saturated heterocycles. The van der Waals surface area contributed by atoms with Gasteiger partial charge < -0.3 is 10.1 Å². The first kappa shape index (κ1) is 18.9. The molecule has 0 radical (unpaired) electrons. The van der Waals surface area contributed by atoms with Crippen LogP contribution in [0.5, 0.6) is 5.75 Å². The van der Waals surface area contributed by atoms with Gasteiger partial charge in [0.05, 0.1) is 17.8 Å². The number of ether oxygens (including phenoxy) is 1. The van der Waals surface area contributed by atoms with Crippen molar-refractivity contribution in [1.82, 2.24) is 4.98 Å². The van der Waals surface area contributed by atoms with Gasteiger partial charge in [0.15, 0.2) is 6.61 Å². The summed E-state index contributed by atoms with van der Waals surface area (Å²) in [6.07, 6.45) is -4.44. The summed E-state index contributed by atoms with van der Waals surface area (Å²) >= 11 is 1.42. The zero-order valence-electron chi connectivity index (χ0n) is 14.0. The van der Waals surface area contributed by atoms with Crippen LogP contribution < -0.4 is 10.1 Å². The summed E-state index contributed by atoms with van der Waals surface area (Å²) < 4.78 is 41.8. The molecule has 4 nitrogen and oxygen atoms in total. The maximum absolute atomic E-state index is 12.3. The Kier molecular flexibility index (Phi) is 5.75. The van der Waals surface area contributed by atoms with Gasteiger partial charge in [-0.3, -0.25) is 4.79 Å². The maximum atomic E-state index is 12.3. The number of thiazole rings is 1. The van der Waals surface area contributed by atoms with Gasteiger partial charge in [-0.2, -0.15) is 13.2 Å². The van der Waals surface area contributed by atoms with E-state index in [-0.39, 0.29) is 23.8 Å². The summed E-state index contributed by atoms with van der Waals surface area (Å²) in [5.41, 5.74) is 1.73. The number of anilines is 1. The van der Waals surface area contributed by atoms with E-state index in [1.807, 2.05) is 30.3 Å². The van der Waals surface area contributed by atoms with Gasteiger partial charge in [-0.25, -0.2) is 4.98 Å². The quantitative estimate of drug-likeness (QED) is 0.647. The van der Waals surface area contributed by atoms with Gasteiger partial charge >= 0.3 is 6.18 Å². The van der Waals surface area contributed by atoms with E-state index in [1.54, 1.807) is 11.4 Å². The minimum Gasteiger partial charge on any atom is -0.482 e. The van der Waals surface area contributed by atoms with Crippen LogP contribution in [0.25, 0.3) is 10.6 Å². The van der Waals surface area contributed by atoms with Crippen molar-refractivity contribution in [2.75, 3.05) is 11.9 Å². The number of halogens is 3. The Morgan fingerprint density at radius 1 is 1.07 bits per heavy atom. The molecule has 0 aliphatic heterocycles. The first-order valence-corrected chi connectivity index (χ1v) is 8.87. The number of alkyl halides is 3. The summed E-state index contributed by atoms with van der Waals surface area (Å²) in [5, 5.41) is 5.16. The van der Waals surface area contributed by atoms with Crippen molar-refractivity contribution < 1.29 is 22.7 Å². The molecule has 0 saturated carbocycles. The Bertz CT molecular complexity index is 911. The molecule has 0 atom stereocenters. The van der Waals surface area contributed by atoms with Crippen molar-refractivity contribution in [3.05, 3.63) is 65.7 Å². The molecule has 27 heavy (non-hydrogen) atoms. The fourth-order valence-electron chi connectivity index (χ4n) is 2.32. The summed E-state index contributed by atoms with van der Waals surface area (Å²) in [6, 6.07) is 15.6. The SMILES string of the molecule is O=C(Cc1csc(-c2ccccc2)n1)Nc1ccccc1OCC(F)(F)F. The number of nitrogens with one attached hydrogen (secondary N) is 1. The minimum atomic E-state index is -4.45. The highest BCUT2D eigenvalue weighted by molar-refractivity contribution is 7.13. The number of benzene rings is 2. The smallest absolute Gasteiger partial charge is 0.422 e. The highest BCUT2D eigenvalue weighted by Crippen LogP contribution is 2.27. The third-order valence-electron chi connectivity index (χ3n) is 3.47. The molecule has 0 unspecified atom stereocenters. The van der Waals surface area contributed by atoms with Gasteiger partial charge in [0.1, 0.15) is 10.8 Å². The largest absolute Gasteiger partial charge is 0.482 e. The first-order chi connectivity index (χ1) is 12.9. The van der Waals surface area contributed by atoms with Crippen LogP contribution in [0, 0.1) is 0 Å². The predicted octanol–water partition coefficient (Wildman–Crippen LogP) is 4.93. The average molecular weight is 392 g/mol. The molecule has 3 rings (SSSR count). The lowest BCUT2D eigenvalue weighted by molar-refractivity contribution is -0.153. The van der Waals surface area contributed by atoms with Crippen LogP contribution in [0.3, 0.4) is 0 Å². The van der Waals surface area contributed by atoms with Crippen LogP contribution in [-0.4, -0.2) is 23.7 Å². The second kappa shape index (κ2) is 8.22. The van der Waals surface area contributed by atoms with E-state index in [9.17, 15) is 18.0 Å². The molecule has 140 valence electrons. The van der Waals surface area contributed by atoms with Crippen molar-refractivity contribution >= 4 is 22.9 Å². The fraction of sp³-hybridized carbons (Fsp3) is 0.158. The fourth-order valence-corrected chi connectivity index (χ4v) is 3.14. The molecule has 1 amide bonds. The van der Waals surface area contributed by atoms with Gasteiger partial charge in [-0.1, -0.05) is 42.5 Å². The van der Waals surface area contributed by atoms with Crippen LogP contribution in [0.4, 0.5) is 18.9 Å². The molecule has 0 aliphatic carbocycles. The molecule has 1 N–H and O–H groups in total. The number of hydrogen-bond donors (Lipinski definition) is 1. The highest BCUT2D eigenvalue weighted by atomic mass is 32.1. The number of carbonyl (C=O) groups excluding carboxylic acids is 1. The summed E-state index contributed by atoms with van der Waals surface area (Å²) in [7, 11) is 0. The summed E-state index contributed by atoms with van der Waals surface area (Å²) in [5.74, 6) is -0.422. The second-order valence-electron chi connectivity index (χ2n) is 5.63. The lowest BCUT2D eigenvalue weighted by Gasteiger charge is -2.13. The number of aromatic nitrogens is 1. The average Bonchev–Trinajstić information content (AvgIpc) is 3.09. The molecular formula is C19H15F3N2O2S. The zero-order chi connectivity index (χ0) is 19.3. The molecule has 0 aliphatic rings. The normalized spacial score (nSPS) is 11.2. The number of para-hydroxylation sites is 2. The van der Waals surface area contributed by atoms with Crippen molar-refractivity contribution in [2.45, 2.75) is 12.6 Å². The zero-order valence-corrected chi connectivity index (χ0v) is 14.8. The van der Waals surface area contributed by atoms with Crippen molar-refractivity contribution in [1.29, 1.82) is 0 Å².